The maximum Gasteiger partial charge on any atom is 0.251 e. The van der Waals surface area contributed by atoms with E-state index in [-0.39, 0.29) is 42.2 Å². The number of aliphatic hydroxyl groups excluding tert-OH is 1. The number of benzene rings is 2. The normalized spacial score (nSPS) is 28.6. The van der Waals surface area contributed by atoms with Crippen LogP contribution in [0.2, 0.25) is 0 Å². The number of carbonyl (C=O) groups is 3. The number of anilines is 1. The van der Waals surface area contributed by atoms with Gasteiger partial charge in [-0.15, -0.1) is 0 Å². The molecule has 244 valence electrons. The van der Waals surface area contributed by atoms with E-state index < -0.39 is 18.1 Å². The van der Waals surface area contributed by atoms with Gasteiger partial charge >= 0.3 is 0 Å². The zero-order valence-corrected chi connectivity index (χ0v) is 27.7. The Hall–Kier alpha value is -3.47. The number of amides is 2. The van der Waals surface area contributed by atoms with Gasteiger partial charge in [-0.05, 0) is 66.7 Å². The fourth-order valence-corrected chi connectivity index (χ4v) is 8.00. The van der Waals surface area contributed by atoms with Crippen molar-refractivity contribution in [1.29, 1.82) is 0 Å². The van der Waals surface area contributed by atoms with Crippen LogP contribution < -0.4 is 20.3 Å². The Morgan fingerprint density at radius 1 is 1.16 bits per heavy atom. The maximum absolute atomic E-state index is 14.1. The number of rotatable bonds is 10. The molecule has 0 aromatic heterocycles. The number of fused-ring (bicyclic) bond motifs is 2. The van der Waals surface area contributed by atoms with Crippen LogP contribution in [0.3, 0.4) is 0 Å². The summed E-state index contributed by atoms with van der Waals surface area (Å²) in [7, 11) is 7.01. The monoisotopic (exact) mass is 620 g/mol. The first-order chi connectivity index (χ1) is 21.3. The number of ketones is 1. The van der Waals surface area contributed by atoms with E-state index in [1.807, 2.05) is 55.4 Å². The average molecular weight is 621 g/mol. The highest BCUT2D eigenvalue weighted by molar-refractivity contribution is 5.97. The molecular weight excluding hydrogens is 572 g/mol. The molecule has 6 rings (SSSR count). The lowest BCUT2D eigenvalue weighted by Crippen LogP contribution is -2.62. The molecule has 3 aliphatic carbocycles. The lowest BCUT2D eigenvalue weighted by Gasteiger charge is -2.62. The van der Waals surface area contributed by atoms with Crippen molar-refractivity contribution >= 4 is 23.3 Å². The highest BCUT2D eigenvalue weighted by Gasteiger charge is 2.57. The lowest BCUT2D eigenvalue weighted by atomic mass is 9.45. The van der Waals surface area contributed by atoms with Gasteiger partial charge in [0, 0.05) is 49.6 Å². The zero-order valence-electron chi connectivity index (χ0n) is 27.7. The third-order valence-electron chi connectivity index (χ3n) is 10.8. The number of nitrogens with one attached hydrogen (secondary N) is 2. The van der Waals surface area contributed by atoms with Gasteiger partial charge in [-0.25, -0.2) is 0 Å². The molecule has 10 nitrogen and oxygen atoms in total. The second-order valence-corrected chi connectivity index (χ2v) is 13.8. The maximum atomic E-state index is 14.1. The van der Waals surface area contributed by atoms with Gasteiger partial charge in [0.15, 0.2) is 0 Å². The molecule has 45 heavy (non-hydrogen) atoms. The summed E-state index contributed by atoms with van der Waals surface area (Å²) >= 11 is 0. The molecule has 2 bridgehead atoms. The summed E-state index contributed by atoms with van der Waals surface area (Å²) in [6.45, 7) is 8.06. The van der Waals surface area contributed by atoms with E-state index in [0.29, 0.717) is 29.1 Å². The predicted molar refractivity (Wildman–Crippen MR) is 173 cm³/mol. The topological polar surface area (TPSA) is 120 Å². The summed E-state index contributed by atoms with van der Waals surface area (Å²) in [6.07, 6.45) is 1.27. The third-order valence-corrected chi connectivity index (χ3v) is 10.8. The molecule has 1 saturated heterocycles. The number of methoxy groups -OCH3 is 1. The van der Waals surface area contributed by atoms with Crippen molar-refractivity contribution in [3.05, 3.63) is 47.5 Å². The lowest BCUT2D eigenvalue weighted by molar-refractivity contribution is -0.183. The van der Waals surface area contributed by atoms with Crippen molar-refractivity contribution in [2.45, 2.75) is 65.3 Å². The number of aliphatic hydroxyl groups is 1. The van der Waals surface area contributed by atoms with Crippen molar-refractivity contribution in [3.8, 4) is 16.9 Å². The molecule has 4 fully saturated rings. The molecular formula is C35H48N4O6. The first kappa shape index (κ1) is 32.9. The van der Waals surface area contributed by atoms with Crippen LogP contribution in [-0.4, -0.2) is 80.8 Å². The number of ether oxygens (including phenoxy) is 1. The molecule has 2 amide bonds. The third kappa shape index (κ3) is 5.95. The van der Waals surface area contributed by atoms with Crippen molar-refractivity contribution in [3.63, 3.8) is 0 Å². The first-order valence-corrected chi connectivity index (χ1v) is 15.9. The summed E-state index contributed by atoms with van der Waals surface area (Å²) in [4.78, 5) is 47.7. The van der Waals surface area contributed by atoms with Crippen LogP contribution >= 0.6 is 0 Å². The number of hydrogen-bond donors (Lipinski definition) is 3. The van der Waals surface area contributed by atoms with Gasteiger partial charge in [-0.2, -0.15) is 5.06 Å². The highest BCUT2D eigenvalue weighted by atomic mass is 16.7. The Kier molecular flexibility index (Phi) is 9.31. The fraction of sp³-hybridized carbons (Fsp3) is 0.571. The summed E-state index contributed by atoms with van der Waals surface area (Å²) < 4.78 is 5.95. The molecule has 0 spiro atoms. The molecule has 0 unspecified atom stereocenters. The Morgan fingerprint density at radius 2 is 1.89 bits per heavy atom. The molecule has 10 heteroatoms. The first-order valence-electron chi connectivity index (χ1n) is 15.9. The molecule has 7 atom stereocenters. The summed E-state index contributed by atoms with van der Waals surface area (Å²) in [5, 5.41) is 17.7. The van der Waals surface area contributed by atoms with E-state index >= 15 is 0 Å². The second-order valence-electron chi connectivity index (χ2n) is 13.8. The van der Waals surface area contributed by atoms with Gasteiger partial charge < -0.3 is 25.4 Å². The van der Waals surface area contributed by atoms with Crippen LogP contribution in [0, 0.1) is 29.1 Å². The van der Waals surface area contributed by atoms with Crippen LogP contribution in [0.1, 0.15) is 56.5 Å². The van der Waals surface area contributed by atoms with Gasteiger partial charge in [0.2, 0.25) is 5.91 Å². The molecule has 0 radical (unpaired) electrons. The molecule has 1 aliphatic heterocycles. The highest BCUT2D eigenvalue weighted by Crippen LogP contribution is 2.61. The molecule has 4 aliphatic rings. The largest absolute Gasteiger partial charge is 0.496 e. The van der Waals surface area contributed by atoms with Crippen LogP contribution in [0.5, 0.6) is 5.75 Å². The van der Waals surface area contributed by atoms with Crippen LogP contribution in [-0.2, 0) is 21.0 Å². The Balaban J connectivity index is 1.47. The molecule has 3 saturated carbocycles. The van der Waals surface area contributed by atoms with Crippen molar-refractivity contribution in [2.24, 2.45) is 29.1 Å². The minimum atomic E-state index is -0.914. The Morgan fingerprint density at radius 3 is 2.47 bits per heavy atom. The van der Waals surface area contributed by atoms with E-state index in [2.05, 4.69) is 31.4 Å². The zero-order chi connectivity index (χ0) is 32.8. The fourth-order valence-electron chi connectivity index (χ4n) is 8.00. The number of para-hydroxylation sites is 1. The van der Waals surface area contributed by atoms with Crippen molar-refractivity contribution in [1.82, 2.24) is 15.7 Å². The Labute approximate surface area is 266 Å². The van der Waals surface area contributed by atoms with Gasteiger partial charge in [-0.1, -0.05) is 39.0 Å². The number of hydroxylamine groups is 2. The molecule has 2 aromatic rings. The van der Waals surface area contributed by atoms with Gasteiger partial charge in [-0.3, -0.25) is 19.2 Å². The van der Waals surface area contributed by atoms with Crippen LogP contribution in [0.25, 0.3) is 11.1 Å². The standard InChI is InChI=1S/C35H48N4O6/c1-19-27-15-24(35(27,3)4)16-28(19)37-34(43)31-30(20(2)41)29(18-40)45-39(31)17-21-10-9-11-26(32(21)44-8)22-12-23(33(42)36-5)14-25(13-22)38(6)7/h9-14,19,24,27-31,40H,15-18H2,1-8H3,(H,36,42)(H,37,43)/t19-,24+,27-,28-,29-,30+,31-/m0/s1. The van der Waals surface area contributed by atoms with E-state index in [9.17, 15) is 19.5 Å². The Bertz CT molecular complexity index is 1460. The van der Waals surface area contributed by atoms with E-state index in [1.165, 1.54) is 18.4 Å². The minimum absolute atomic E-state index is 0.0215. The number of hydrogen-bond acceptors (Lipinski definition) is 8. The van der Waals surface area contributed by atoms with E-state index in [4.69, 9.17) is 9.57 Å². The number of Topliss-reactive ketones (excluding diaryl/α,β-unsaturated/α-hetero) is 1. The van der Waals surface area contributed by atoms with E-state index in [0.717, 1.165) is 28.8 Å². The quantitative estimate of drug-likeness (QED) is 0.368. The molecule has 3 N–H and O–H groups in total. The molecule has 1 heterocycles. The summed E-state index contributed by atoms with van der Waals surface area (Å²) in [6, 6.07) is 10.5. The second kappa shape index (κ2) is 12.7. The van der Waals surface area contributed by atoms with Crippen molar-refractivity contribution < 1.29 is 29.1 Å². The average Bonchev–Trinajstić information content (AvgIpc) is 3.39. The predicted octanol–water partition coefficient (Wildman–Crippen LogP) is 3.66. The van der Waals surface area contributed by atoms with E-state index in [1.54, 1.807) is 14.2 Å². The summed E-state index contributed by atoms with van der Waals surface area (Å²) in [5.74, 6) is 0.515. The molecule has 2 aromatic carbocycles. The number of nitrogens with zero attached hydrogens (tertiary/aromatic N) is 2. The van der Waals surface area contributed by atoms with Gasteiger partial charge in [0.1, 0.15) is 23.7 Å². The summed E-state index contributed by atoms with van der Waals surface area (Å²) in [5.41, 5.74) is 3.94. The smallest absolute Gasteiger partial charge is 0.251 e. The van der Waals surface area contributed by atoms with Crippen molar-refractivity contribution in [2.75, 3.05) is 39.8 Å². The SMILES string of the molecule is CNC(=O)c1cc(-c2cccc(CN3O[C@@H](CO)[C@@H](C(C)=O)[C@H]3C(=O)N[C@H]3C[C@H]4C[C@@H]([C@@H]3C)C4(C)C)c2OC)cc(N(C)C)c1. The van der Waals surface area contributed by atoms with Gasteiger partial charge in [0.25, 0.3) is 5.91 Å². The number of carbonyl (C=O) groups excluding carboxylic acids is 3. The van der Waals surface area contributed by atoms with Crippen LogP contribution in [0.4, 0.5) is 5.69 Å². The van der Waals surface area contributed by atoms with Gasteiger partial charge in [0.05, 0.1) is 26.2 Å². The minimum Gasteiger partial charge on any atom is -0.496 e. The van der Waals surface area contributed by atoms with Crippen LogP contribution in [0.15, 0.2) is 36.4 Å².